The third-order valence-corrected chi connectivity index (χ3v) is 8.30. The van der Waals surface area contributed by atoms with Crippen molar-refractivity contribution in [3.8, 4) is 17.1 Å². The zero-order chi connectivity index (χ0) is 29.2. The Kier molecular flexibility index (Phi) is 7.66. The molecule has 3 heterocycles. The standard InChI is InChI=1S/C31H27F2N5O3S/c1-41-21-14-12-20(13-15-21)18-38-27(22-9-5-10-23(32)25(22)33)36-29-26(30(38)40)35-31(42-29)37-16-6-11-24(37)28(39)34-17-19-7-3-2-4-8-19/h2-5,7-10,12-15,24H,6,11,16-18H2,1H3,(H,34,39). The number of nitrogens with zero attached hydrogens (tertiary/aromatic N) is 4. The largest absolute Gasteiger partial charge is 0.497 e. The lowest BCUT2D eigenvalue weighted by Crippen LogP contribution is -2.43. The molecular weight excluding hydrogens is 560 g/mol. The van der Waals surface area contributed by atoms with Gasteiger partial charge in [-0.3, -0.25) is 14.2 Å². The Morgan fingerprint density at radius 3 is 2.57 bits per heavy atom. The summed E-state index contributed by atoms with van der Waals surface area (Å²) in [5.74, 6) is -1.61. The molecule has 0 spiro atoms. The third kappa shape index (κ3) is 5.35. The second kappa shape index (κ2) is 11.7. The van der Waals surface area contributed by atoms with Gasteiger partial charge in [0.1, 0.15) is 17.6 Å². The van der Waals surface area contributed by atoms with Gasteiger partial charge in [-0.05, 0) is 48.2 Å². The molecule has 1 fully saturated rings. The van der Waals surface area contributed by atoms with Crippen molar-refractivity contribution in [3.63, 3.8) is 0 Å². The van der Waals surface area contributed by atoms with Crippen LogP contribution in [-0.2, 0) is 17.9 Å². The number of benzene rings is 3. The van der Waals surface area contributed by atoms with E-state index in [0.717, 1.165) is 35.0 Å². The van der Waals surface area contributed by atoms with E-state index in [1.54, 1.807) is 31.4 Å². The summed E-state index contributed by atoms with van der Waals surface area (Å²) in [6.45, 7) is 1.05. The molecule has 1 atom stereocenters. The highest BCUT2D eigenvalue weighted by molar-refractivity contribution is 7.21. The number of carbonyl (C=O) groups excluding carboxylic acids is 1. The van der Waals surface area contributed by atoms with E-state index in [1.165, 1.54) is 16.7 Å². The summed E-state index contributed by atoms with van der Waals surface area (Å²) in [6, 6.07) is 20.1. The van der Waals surface area contributed by atoms with Gasteiger partial charge in [-0.2, -0.15) is 0 Å². The number of aromatic nitrogens is 3. The van der Waals surface area contributed by atoms with Crippen LogP contribution in [0.5, 0.6) is 5.75 Å². The molecule has 11 heteroatoms. The fourth-order valence-corrected chi connectivity index (χ4v) is 6.14. The lowest BCUT2D eigenvalue weighted by molar-refractivity contribution is -0.122. The van der Waals surface area contributed by atoms with Crippen molar-refractivity contribution >= 4 is 32.7 Å². The van der Waals surface area contributed by atoms with Crippen LogP contribution >= 0.6 is 11.3 Å². The smallest absolute Gasteiger partial charge is 0.281 e. The van der Waals surface area contributed by atoms with Gasteiger partial charge in [0.05, 0.1) is 19.2 Å². The molecule has 1 aliphatic rings. The summed E-state index contributed by atoms with van der Waals surface area (Å²) in [5, 5.41) is 3.49. The number of rotatable bonds is 8. The van der Waals surface area contributed by atoms with Crippen molar-refractivity contribution in [1.82, 2.24) is 19.9 Å². The maximum atomic E-state index is 15.0. The fourth-order valence-electron chi connectivity index (χ4n) is 5.13. The molecule has 1 saturated heterocycles. The predicted molar refractivity (Wildman–Crippen MR) is 158 cm³/mol. The number of fused-ring (bicyclic) bond motifs is 1. The minimum Gasteiger partial charge on any atom is -0.497 e. The summed E-state index contributed by atoms with van der Waals surface area (Å²) in [7, 11) is 1.56. The highest BCUT2D eigenvalue weighted by Gasteiger charge is 2.33. The quantitative estimate of drug-likeness (QED) is 0.271. The second-order valence-electron chi connectivity index (χ2n) is 9.98. The van der Waals surface area contributed by atoms with Gasteiger partial charge in [0, 0.05) is 13.1 Å². The maximum absolute atomic E-state index is 15.0. The summed E-state index contributed by atoms with van der Waals surface area (Å²) < 4.78 is 35.8. The summed E-state index contributed by atoms with van der Waals surface area (Å²) in [6.07, 6.45) is 1.43. The normalized spacial score (nSPS) is 14.8. The molecule has 0 radical (unpaired) electrons. The number of ether oxygens (including phenoxy) is 1. The number of hydrogen-bond acceptors (Lipinski definition) is 7. The van der Waals surface area contributed by atoms with Crippen LogP contribution in [0.4, 0.5) is 13.9 Å². The lowest BCUT2D eigenvalue weighted by Gasteiger charge is -2.23. The zero-order valence-corrected chi connectivity index (χ0v) is 23.5. The average Bonchev–Trinajstić information content (AvgIpc) is 3.67. The van der Waals surface area contributed by atoms with Crippen LogP contribution in [0.3, 0.4) is 0 Å². The van der Waals surface area contributed by atoms with Crippen molar-refractivity contribution in [2.75, 3.05) is 18.6 Å². The van der Waals surface area contributed by atoms with Gasteiger partial charge in [0.15, 0.2) is 27.1 Å². The van der Waals surface area contributed by atoms with Gasteiger partial charge < -0.3 is 15.0 Å². The SMILES string of the molecule is COc1ccc(Cn2c(-c3cccc(F)c3F)nc3sc(N4CCCC4C(=O)NCc4ccccc4)nc3c2=O)cc1. The number of hydrogen-bond donors (Lipinski definition) is 1. The topological polar surface area (TPSA) is 89.3 Å². The van der Waals surface area contributed by atoms with E-state index >= 15 is 4.39 Å². The van der Waals surface area contributed by atoms with Crippen molar-refractivity contribution in [3.05, 3.63) is 106 Å². The molecule has 1 N–H and O–H groups in total. The zero-order valence-electron chi connectivity index (χ0n) is 22.7. The number of methoxy groups -OCH3 is 1. The van der Waals surface area contributed by atoms with Crippen molar-refractivity contribution < 1.29 is 18.3 Å². The van der Waals surface area contributed by atoms with E-state index < -0.39 is 23.2 Å². The molecule has 42 heavy (non-hydrogen) atoms. The van der Waals surface area contributed by atoms with Crippen LogP contribution in [0.1, 0.15) is 24.0 Å². The van der Waals surface area contributed by atoms with Gasteiger partial charge >= 0.3 is 0 Å². The summed E-state index contributed by atoms with van der Waals surface area (Å²) in [4.78, 5) is 38.5. The van der Waals surface area contributed by atoms with E-state index in [9.17, 15) is 14.0 Å². The molecule has 6 rings (SSSR count). The fraction of sp³-hybridized carbons (Fsp3) is 0.226. The first-order chi connectivity index (χ1) is 20.4. The number of amides is 1. The highest BCUT2D eigenvalue weighted by Crippen LogP contribution is 2.33. The Morgan fingerprint density at radius 1 is 1.02 bits per heavy atom. The molecule has 3 aromatic carbocycles. The molecule has 1 unspecified atom stereocenters. The lowest BCUT2D eigenvalue weighted by atomic mass is 10.1. The minimum absolute atomic E-state index is 0.00547. The number of anilines is 1. The molecule has 214 valence electrons. The van der Waals surface area contributed by atoms with Crippen LogP contribution in [0.15, 0.2) is 77.6 Å². The monoisotopic (exact) mass is 587 g/mol. The number of nitrogens with one attached hydrogen (secondary N) is 1. The van der Waals surface area contributed by atoms with Crippen molar-refractivity contribution in [1.29, 1.82) is 0 Å². The summed E-state index contributed by atoms with van der Waals surface area (Å²) in [5.41, 5.74) is 1.23. The number of halogens is 2. The van der Waals surface area contributed by atoms with Crippen LogP contribution in [0.2, 0.25) is 0 Å². The van der Waals surface area contributed by atoms with Gasteiger partial charge in [-0.25, -0.2) is 18.7 Å². The van der Waals surface area contributed by atoms with Crippen LogP contribution in [0, 0.1) is 11.6 Å². The third-order valence-electron chi connectivity index (χ3n) is 7.31. The average molecular weight is 588 g/mol. The van der Waals surface area contributed by atoms with E-state index in [1.807, 2.05) is 35.2 Å². The first-order valence-electron chi connectivity index (χ1n) is 13.5. The Balaban J connectivity index is 1.38. The van der Waals surface area contributed by atoms with Crippen molar-refractivity contribution in [2.24, 2.45) is 0 Å². The summed E-state index contributed by atoms with van der Waals surface area (Å²) >= 11 is 1.16. The maximum Gasteiger partial charge on any atom is 0.281 e. The number of thiazole rings is 1. The van der Waals surface area contributed by atoms with Crippen LogP contribution in [0.25, 0.3) is 21.7 Å². The molecular formula is C31H27F2N5O3S. The minimum atomic E-state index is -1.09. The number of carbonyl (C=O) groups is 1. The molecule has 1 aliphatic heterocycles. The first-order valence-corrected chi connectivity index (χ1v) is 14.3. The molecule has 5 aromatic rings. The predicted octanol–water partition coefficient (Wildman–Crippen LogP) is 5.14. The molecule has 2 aromatic heterocycles. The van der Waals surface area contributed by atoms with Gasteiger partial charge in [0.25, 0.3) is 5.56 Å². The molecule has 1 amide bonds. The first kappa shape index (κ1) is 27.5. The highest BCUT2D eigenvalue weighted by atomic mass is 32.1. The Labute approximate surface area is 244 Å². The Bertz CT molecular complexity index is 1810. The van der Waals surface area contributed by atoms with E-state index in [2.05, 4.69) is 15.3 Å². The van der Waals surface area contributed by atoms with Gasteiger partial charge in [-0.1, -0.05) is 59.9 Å². The second-order valence-corrected chi connectivity index (χ2v) is 10.9. The van der Waals surface area contributed by atoms with Gasteiger partial charge in [0.2, 0.25) is 5.91 Å². The molecule has 8 nitrogen and oxygen atoms in total. The molecule has 0 saturated carbocycles. The van der Waals surface area contributed by atoms with Crippen molar-refractivity contribution in [2.45, 2.75) is 32.0 Å². The van der Waals surface area contributed by atoms with E-state index in [4.69, 9.17) is 4.74 Å². The van der Waals surface area contributed by atoms with E-state index in [-0.39, 0.29) is 34.2 Å². The van der Waals surface area contributed by atoms with Gasteiger partial charge in [-0.15, -0.1) is 0 Å². The Hall–Kier alpha value is -4.64. The van der Waals surface area contributed by atoms with Crippen LogP contribution < -0.4 is 20.5 Å². The Morgan fingerprint density at radius 2 is 1.81 bits per heavy atom. The molecule has 0 bridgehead atoms. The van der Waals surface area contributed by atoms with Crippen LogP contribution in [-0.4, -0.2) is 40.1 Å². The van der Waals surface area contributed by atoms with E-state index in [0.29, 0.717) is 30.4 Å². The molecule has 0 aliphatic carbocycles.